The zero-order valence-corrected chi connectivity index (χ0v) is 19.7. The summed E-state index contributed by atoms with van der Waals surface area (Å²) in [5, 5.41) is 6.14. The maximum atomic E-state index is 12.4. The lowest BCUT2D eigenvalue weighted by atomic mass is 10.0. The average molecular weight is 465 g/mol. The Morgan fingerprint density at radius 1 is 1.09 bits per heavy atom. The summed E-state index contributed by atoms with van der Waals surface area (Å²) in [5.41, 5.74) is 5.68. The second kappa shape index (κ2) is 9.70. The smallest absolute Gasteiger partial charge is 0.227 e. The standard InChI is InChI=1S/C25H28N4O3S/c1-3-13-33(31,32)21-6-4-5-18(14-21)7-10-22-17(2)16-26-25(29-22)27-20-9-11-23-19(15-20)8-12-24(30)28-23/h4-6,9,11,14-16H,3,7-8,10,12-13H2,1-2H3,(H,28,30)(H,26,27,29). The molecule has 172 valence electrons. The lowest BCUT2D eigenvalue weighted by Crippen LogP contribution is -2.18. The van der Waals surface area contributed by atoms with Gasteiger partial charge in [-0.25, -0.2) is 18.4 Å². The molecule has 4 rings (SSSR count). The number of carbonyl (C=O) groups is 1. The SMILES string of the molecule is CCCS(=O)(=O)c1cccc(CCc2nc(Nc3ccc4c(c3)CCC(=O)N4)ncc2C)c1. The van der Waals surface area contributed by atoms with E-state index >= 15 is 0 Å². The van der Waals surface area contributed by atoms with Gasteiger partial charge in [0.25, 0.3) is 0 Å². The van der Waals surface area contributed by atoms with Crippen LogP contribution >= 0.6 is 0 Å². The Labute approximate surface area is 194 Å². The largest absolute Gasteiger partial charge is 0.326 e. The molecule has 0 unspecified atom stereocenters. The van der Waals surface area contributed by atoms with E-state index in [0.29, 0.717) is 42.9 Å². The zero-order chi connectivity index (χ0) is 23.4. The van der Waals surface area contributed by atoms with Crippen molar-refractivity contribution in [1.29, 1.82) is 0 Å². The van der Waals surface area contributed by atoms with E-state index in [-0.39, 0.29) is 11.7 Å². The molecule has 2 heterocycles. The number of hydrogen-bond acceptors (Lipinski definition) is 6. The number of sulfone groups is 1. The van der Waals surface area contributed by atoms with E-state index in [4.69, 9.17) is 4.98 Å². The summed E-state index contributed by atoms with van der Waals surface area (Å²) >= 11 is 0. The lowest BCUT2D eigenvalue weighted by Gasteiger charge is -2.18. The van der Waals surface area contributed by atoms with Crippen molar-refractivity contribution in [3.8, 4) is 0 Å². The third-order valence-corrected chi connectivity index (χ3v) is 7.63. The molecule has 0 saturated carbocycles. The van der Waals surface area contributed by atoms with E-state index in [1.807, 2.05) is 38.1 Å². The highest BCUT2D eigenvalue weighted by atomic mass is 32.2. The molecule has 0 fully saturated rings. The molecule has 3 aromatic rings. The van der Waals surface area contributed by atoms with Crippen molar-refractivity contribution in [2.24, 2.45) is 0 Å². The van der Waals surface area contributed by atoms with Crippen molar-refractivity contribution in [2.45, 2.75) is 50.8 Å². The minimum atomic E-state index is -3.23. The van der Waals surface area contributed by atoms with Gasteiger partial charge in [-0.15, -0.1) is 0 Å². The predicted octanol–water partition coefficient (Wildman–Crippen LogP) is 4.38. The number of amides is 1. The summed E-state index contributed by atoms with van der Waals surface area (Å²) in [6.45, 7) is 3.84. The number of benzene rings is 2. The van der Waals surface area contributed by atoms with Crippen molar-refractivity contribution in [2.75, 3.05) is 16.4 Å². The molecular weight excluding hydrogens is 436 g/mol. The van der Waals surface area contributed by atoms with Crippen LogP contribution in [0.25, 0.3) is 0 Å². The first kappa shape index (κ1) is 22.9. The van der Waals surface area contributed by atoms with E-state index in [0.717, 1.165) is 33.8 Å². The molecule has 1 amide bonds. The Morgan fingerprint density at radius 2 is 1.94 bits per heavy atom. The van der Waals surface area contributed by atoms with Gasteiger partial charge in [-0.05, 0) is 79.6 Å². The van der Waals surface area contributed by atoms with Crippen molar-refractivity contribution >= 4 is 33.1 Å². The molecule has 0 saturated heterocycles. The summed E-state index contributed by atoms with van der Waals surface area (Å²) in [7, 11) is -3.23. The number of aryl methyl sites for hydroxylation is 4. The number of anilines is 3. The maximum Gasteiger partial charge on any atom is 0.227 e. The molecule has 2 aromatic carbocycles. The van der Waals surface area contributed by atoms with Crippen LogP contribution in [0.2, 0.25) is 0 Å². The summed E-state index contributed by atoms with van der Waals surface area (Å²) in [5.74, 6) is 0.712. The summed E-state index contributed by atoms with van der Waals surface area (Å²) in [6.07, 6.45) is 4.96. The summed E-state index contributed by atoms with van der Waals surface area (Å²) < 4.78 is 24.8. The van der Waals surface area contributed by atoms with Crippen LogP contribution in [0.15, 0.2) is 53.6 Å². The third kappa shape index (κ3) is 5.57. The van der Waals surface area contributed by atoms with E-state index < -0.39 is 9.84 Å². The number of rotatable bonds is 8. The molecule has 1 aliphatic rings. The van der Waals surface area contributed by atoms with Crippen molar-refractivity contribution in [1.82, 2.24) is 9.97 Å². The maximum absolute atomic E-state index is 12.4. The quantitative estimate of drug-likeness (QED) is 0.513. The fraction of sp³-hybridized carbons (Fsp3) is 0.320. The molecule has 1 aromatic heterocycles. The summed E-state index contributed by atoms with van der Waals surface area (Å²) in [4.78, 5) is 21.0. The molecule has 0 atom stereocenters. The van der Waals surface area contributed by atoms with Gasteiger partial charge in [-0.1, -0.05) is 19.1 Å². The Kier molecular flexibility index (Phi) is 6.74. The first-order chi connectivity index (χ1) is 15.8. The van der Waals surface area contributed by atoms with Gasteiger partial charge in [-0.3, -0.25) is 4.79 Å². The minimum Gasteiger partial charge on any atom is -0.326 e. The molecule has 8 heteroatoms. The second-order valence-corrected chi connectivity index (χ2v) is 10.4. The van der Waals surface area contributed by atoms with Crippen LogP contribution in [0.4, 0.5) is 17.3 Å². The molecule has 2 N–H and O–H groups in total. The fourth-order valence-corrected chi connectivity index (χ4v) is 5.31. The van der Waals surface area contributed by atoms with E-state index in [9.17, 15) is 13.2 Å². The Balaban J connectivity index is 1.47. The number of hydrogen-bond donors (Lipinski definition) is 2. The minimum absolute atomic E-state index is 0.0446. The van der Waals surface area contributed by atoms with Gasteiger partial charge in [-0.2, -0.15) is 0 Å². The molecule has 0 bridgehead atoms. The molecule has 0 radical (unpaired) electrons. The lowest BCUT2D eigenvalue weighted by molar-refractivity contribution is -0.116. The number of fused-ring (bicyclic) bond motifs is 1. The first-order valence-corrected chi connectivity index (χ1v) is 12.8. The van der Waals surface area contributed by atoms with E-state index in [1.54, 1.807) is 24.4 Å². The Hall–Kier alpha value is -3.26. The van der Waals surface area contributed by atoms with Gasteiger partial charge < -0.3 is 10.6 Å². The van der Waals surface area contributed by atoms with Gasteiger partial charge in [0.2, 0.25) is 11.9 Å². The zero-order valence-electron chi connectivity index (χ0n) is 18.9. The normalized spacial score (nSPS) is 13.3. The topological polar surface area (TPSA) is 101 Å². The van der Waals surface area contributed by atoms with Crippen LogP contribution in [0, 0.1) is 6.92 Å². The van der Waals surface area contributed by atoms with Crippen LogP contribution in [-0.4, -0.2) is 30.0 Å². The monoisotopic (exact) mass is 464 g/mol. The Bertz CT molecular complexity index is 1290. The molecule has 7 nitrogen and oxygen atoms in total. The number of carbonyl (C=O) groups excluding carboxylic acids is 1. The van der Waals surface area contributed by atoms with Crippen molar-refractivity contribution in [3.63, 3.8) is 0 Å². The van der Waals surface area contributed by atoms with Crippen molar-refractivity contribution in [3.05, 3.63) is 71.0 Å². The highest BCUT2D eigenvalue weighted by Gasteiger charge is 2.16. The van der Waals surface area contributed by atoms with E-state index in [2.05, 4.69) is 15.6 Å². The van der Waals surface area contributed by atoms with Crippen LogP contribution < -0.4 is 10.6 Å². The van der Waals surface area contributed by atoms with Crippen molar-refractivity contribution < 1.29 is 13.2 Å². The molecule has 0 aliphatic carbocycles. The van der Waals surface area contributed by atoms with Crippen LogP contribution in [-0.2, 0) is 33.9 Å². The second-order valence-electron chi connectivity index (χ2n) is 8.33. The highest BCUT2D eigenvalue weighted by Crippen LogP contribution is 2.27. The average Bonchev–Trinajstić information content (AvgIpc) is 2.80. The Morgan fingerprint density at radius 3 is 2.76 bits per heavy atom. The van der Waals surface area contributed by atoms with Gasteiger partial charge in [0.15, 0.2) is 9.84 Å². The molecule has 1 aliphatic heterocycles. The van der Waals surface area contributed by atoms with Gasteiger partial charge >= 0.3 is 0 Å². The highest BCUT2D eigenvalue weighted by molar-refractivity contribution is 7.91. The van der Waals surface area contributed by atoms with Crippen LogP contribution in [0.3, 0.4) is 0 Å². The van der Waals surface area contributed by atoms with Crippen LogP contribution in [0.1, 0.15) is 42.1 Å². The van der Waals surface area contributed by atoms with Gasteiger partial charge in [0.05, 0.1) is 10.6 Å². The number of aromatic nitrogens is 2. The van der Waals surface area contributed by atoms with Gasteiger partial charge in [0.1, 0.15) is 0 Å². The van der Waals surface area contributed by atoms with Crippen LogP contribution in [0.5, 0.6) is 0 Å². The molecule has 0 spiro atoms. The fourth-order valence-electron chi connectivity index (χ4n) is 3.92. The molecule has 33 heavy (non-hydrogen) atoms. The molecular formula is C25H28N4O3S. The van der Waals surface area contributed by atoms with E-state index in [1.165, 1.54) is 0 Å². The number of nitrogens with one attached hydrogen (secondary N) is 2. The number of nitrogens with zero attached hydrogens (tertiary/aromatic N) is 2. The predicted molar refractivity (Wildman–Crippen MR) is 130 cm³/mol. The third-order valence-electron chi connectivity index (χ3n) is 5.71. The van der Waals surface area contributed by atoms with Gasteiger partial charge in [0, 0.05) is 29.7 Å². The first-order valence-electron chi connectivity index (χ1n) is 11.2. The summed E-state index contributed by atoms with van der Waals surface area (Å²) in [6, 6.07) is 13.0.